The second kappa shape index (κ2) is 7.91. The van der Waals surface area contributed by atoms with Crippen molar-refractivity contribution in [1.29, 1.82) is 0 Å². The van der Waals surface area contributed by atoms with E-state index in [1.54, 1.807) is 12.1 Å². The summed E-state index contributed by atoms with van der Waals surface area (Å²) in [6, 6.07) is 10.8. The molecule has 8 nitrogen and oxygen atoms in total. The van der Waals surface area contributed by atoms with Crippen molar-refractivity contribution in [3.8, 4) is 5.75 Å². The summed E-state index contributed by atoms with van der Waals surface area (Å²) >= 11 is 0. The number of benzene rings is 2. The molecule has 2 aromatic rings. The van der Waals surface area contributed by atoms with Crippen LogP contribution in [0.5, 0.6) is 5.75 Å². The number of nitrogens with zero attached hydrogens (tertiary/aromatic N) is 1. The highest BCUT2D eigenvalue weighted by Gasteiger charge is 2.18. The molecule has 25 heavy (non-hydrogen) atoms. The van der Waals surface area contributed by atoms with Gasteiger partial charge in [0.05, 0.1) is 23.8 Å². The van der Waals surface area contributed by atoms with Crippen molar-refractivity contribution in [1.82, 2.24) is 0 Å². The van der Waals surface area contributed by atoms with E-state index in [0.29, 0.717) is 5.69 Å². The SMILES string of the molecule is CCc1ccc(NC(=O)C(=O)Nc2ccc([N+](=O)[O-])cc2OC)cc1. The largest absolute Gasteiger partial charge is 0.494 e. The van der Waals surface area contributed by atoms with Crippen LogP contribution in [0.3, 0.4) is 0 Å². The van der Waals surface area contributed by atoms with Crippen LogP contribution in [0.2, 0.25) is 0 Å². The molecular formula is C17H17N3O5. The fraction of sp³-hybridized carbons (Fsp3) is 0.176. The number of ether oxygens (including phenoxy) is 1. The number of nitro groups is 1. The second-order valence-corrected chi connectivity index (χ2v) is 5.10. The summed E-state index contributed by atoms with van der Waals surface area (Å²) in [5, 5.41) is 15.6. The number of carbonyl (C=O) groups excluding carboxylic acids is 2. The quantitative estimate of drug-likeness (QED) is 0.493. The van der Waals surface area contributed by atoms with Gasteiger partial charge in [-0.1, -0.05) is 19.1 Å². The Kier molecular flexibility index (Phi) is 5.67. The van der Waals surface area contributed by atoms with Gasteiger partial charge in [0, 0.05) is 11.8 Å². The first-order valence-electron chi connectivity index (χ1n) is 7.48. The summed E-state index contributed by atoms with van der Waals surface area (Å²) in [6.07, 6.45) is 0.870. The molecule has 0 spiro atoms. The number of aryl methyl sites for hydroxylation is 1. The molecule has 0 saturated heterocycles. The van der Waals surface area contributed by atoms with Crippen LogP contribution in [-0.4, -0.2) is 23.8 Å². The molecule has 0 fully saturated rings. The molecule has 0 aliphatic carbocycles. The summed E-state index contributed by atoms with van der Waals surface area (Å²) in [5.41, 5.74) is 1.58. The number of nitrogens with one attached hydrogen (secondary N) is 2. The molecule has 8 heteroatoms. The van der Waals surface area contributed by atoms with Gasteiger partial charge in [-0.3, -0.25) is 19.7 Å². The molecule has 2 aromatic carbocycles. The summed E-state index contributed by atoms with van der Waals surface area (Å²) in [7, 11) is 1.31. The average molecular weight is 343 g/mol. The van der Waals surface area contributed by atoms with E-state index in [-0.39, 0.29) is 17.1 Å². The molecular weight excluding hydrogens is 326 g/mol. The Hall–Kier alpha value is -3.42. The molecule has 2 amide bonds. The molecule has 0 unspecified atom stereocenters. The van der Waals surface area contributed by atoms with Crippen LogP contribution < -0.4 is 15.4 Å². The maximum Gasteiger partial charge on any atom is 0.314 e. The first kappa shape index (κ1) is 17.9. The minimum atomic E-state index is -0.910. The zero-order chi connectivity index (χ0) is 18.4. The predicted octanol–water partition coefficient (Wildman–Crippen LogP) is 2.74. The van der Waals surface area contributed by atoms with Crippen molar-refractivity contribution in [3.63, 3.8) is 0 Å². The van der Waals surface area contributed by atoms with E-state index < -0.39 is 16.7 Å². The average Bonchev–Trinajstić information content (AvgIpc) is 2.62. The number of nitro benzene ring substituents is 1. The molecule has 2 N–H and O–H groups in total. The number of methoxy groups -OCH3 is 1. The third-order valence-corrected chi connectivity index (χ3v) is 3.47. The van der Waals surface area contributed by atoms with Crippen molar-refractivity contribution in [2.24, 2.45) is 0 Å². The molecule has 130 valence electrons. The molecule has 2 rings (SSSR count). The molecule has 0 atom stereocenters. The maximum absolute atomic E-state index is 12.0. The third kappa shape index (κ3) is 4.54. The maximum atomic E-state index is 12.0. The summed E-state index contributed by atoms with van der Waals surface area (Å²) in [5.74, 6) is -1.68. The van der Waals surface area contributed by atoms with E-state index in [4.69, 9.17) is 4.74 Å². The first-order valence-corrected chi connectivity index (χ1v) is 7.48. The van der Waals surface area contributed by atoms with Gasteiger partial charge in [0.15, 0.2) is 0 Å². The molecule has 0 aliphatic rings. The lowest BCUT2D eigenvalue weighted by atomic mass is 10.1. The van der Waals surface area contributed by atoms with E-state index in [2.05, 4.69) is 10.6 Å². The lowest BCUT2D eigenvalue weighted by Crippen LogP contribution is -2.29. The van der Waals surface area contributed by atoms with Crippen molar-refractivity contribution in [2.45, 2.75) is 13.3 Å². The van der Waals surface area contributed by atoms with Crippen LogP contribution >= 0.6 is 0 Å². The number of rotatable bonds is 5. The number of carbonyl (C=O) groups is 2. The van der Waals surface area contributed by atoms with Gasteiger partial charge < -0.3 is 15.4 Å². The minimum Gasteiger partial charge on any atom is -0.494 e. The Labute approximate surface area is 144 Å². The van der Waals surface area contributed by atoms with E-state index in [1.807, 2.05) is 19.1 Å². The monoisotopic (exact) mass is 343 g/mol. The number of non-ortho nitro benzene ring substituents is 1. The lowest BCUT2D eigenvalue weighted by molar-refractivity contribution is -0.384. The zero-order valence-corrected chi connectivity index (χ0v) is 13.7. The number of anilines is 2. The minimum absolute atomic E-state index is 0.0858. The van der Waals surface area contributed by atoms with Crippen LogP contribution in [0.15, 0.2) is 42.5 Å². The van der Waals surface area contributed by atoms with Crippen LogP contribution in [0.4, 0.5) is 17.1 Å². The lowest BCUT2D eigenvalue weighted by Gasteiger charge is -2.10. The smallest absolute Gasteiger partial charge is 0.314 e. The summed E-state index contributed by atoms with van der Waals surface area (Å²) in [4.78, 5) is 34.2. The van der Waals surface area contributed by atoms with E-state index in [9.17, 15) is 19.7 Å². The van der Waals surface area contributed by atoms with Gasteiger partial charge in [0.2, 0.25) is 0 Å². The van der Waals surface area contributed by atoms with Crippen LogP contribution in [-0.2, 0) is 16.0 Å². The fourth-order valence-corrected chi connectivity index (χ4v) is 2.09. The highest BCUT2D eigenvalue weighted by molar-refractivity contribution is 6.43. The van der Waals surface area contributed by atoms with Crippen molar-refractivity contribution in [3.05, 3.63) is 58.1 Å². The zero-order valence-electron chi connectivity index (χ0n) is 13.7. The van der Waals surface area contributed by atoms with Gasteiger partial charge in [-0.05, 0) is 30.2 Å². The third-order valence-electron chi connectivity index (χ3n) is 3.47. The van der Waals surface area contributed by atoms with Gasteiger partial charge in [-0.15, -0.1) is 0 Å². The van der Waals surface area contributed by atoms with Gasteiger partial charge in [0.1, 0.15) is 5.75 Å². The Morgan fingerprint density at radius 2 is 1.72 bits per heavy atom. The Bertz CT molecular complexity index is 802. The van der Waals surface area contributed by atoms with E-state index in [1.165, 1.54) is 19.2 Å². The number of hydrogen-bond acceptors (Lipinski definition) is 5. The Morgan fingerprint density at radius 1 is 1.08 bits per heavy atom. The molecule has 0 heterocycles. The highest BCUT2D eigenvalue weighted by Crippen LogP contribution is 2.28. The van der Waals surface area contributed by atoms with Crippen LogP contribution in [0.1, 0.15) is 12.5 Å². The summed E-state index contributed by atoms with van der Waals surface area (Å²) in [6.45, 7) is 2.01. The normalized spacial score (nSPS) is 10.0. The number of amides is 2. The Morgan fingerprint density at radius 3 is 2.28 bits per heavy atom. The highest BCUT2D eigenvalue weighted by atomic mass is 16.6. The second-order valence-electron chi connectivity index (χ2n) is 5.10. The topological polar surface area (TPSA) is 111 Å². The van der Waals surface area contributed by atoms with Crippen LogP contribution in [0.25, 0.3) is 0 Å². The van der Waals surface area contributed by atoms with Gasteiger partial charge in [-0.25, -0.2) is 0 Å². The van der Waals surface area contributed by atoms with E-state index in [0.717, 1.165) is 18.1 Å². The van der Waals surface area contributed by atoms with Gasteiger partial charge in [-0.2, -0.15) is 0 Å². The van der Waals surface area contributed by atoms with Gasteiger partial charge in [0.25, 0.3) is 5.69 Å². The van der Waals surface area contributed by atoms with Crippen molar-refractivity contribution >= 4 is 28.9 Å². The molecule has 0 radical (unpaired) electrons. The molecule has 0 aliphatic heterocycles. The number of hydrogen-bond donors (Lipinski definition) is 2. The molecule has 0 aromatic heterocycles. The van der Waals surface area contributed by atoms with Crippen molar-refractivity contribution in [2.75, 3.05) is 17.7 Å². The first-order chi connectivity index (χ1) is 11.9. The summed E-state index contributed by atoms with van der Waals surface area (Å²) < 4.78 is 5.01. The molecule has 0 saturated carbocycles. The van der Waals surface area contributed by atoms with Crippen LogP contribution in [0, 0.1) is 10.1 Å². The fourth-order valence-electron chi connectivity index (χ4n) is 2.09. The van der Waals surface area contributed by atoms with Gasteiger partial charge >= 0.3 is 11.8 Å². The standard InChI is InChI=1S/C17H17N3O5/c1-3-11-4-6-12(7-5-11)18-16(21)17(22)19-14-9-8-13(20(23)24)10-15(14)25-2/h4-10H,3H2,1-2H3,(H,18,21)(H,19,22). The van der Waals surface area contributed by atoms with Crippen molar-refractivity contribution < 1.29 is 19.2 Å². The Balaban J connectivity index is 2.07. The predicted molar refractivity (Wildman–Crippen MR) is 92.7 cm³/mol. The molecule has 0 bridgehead atoms. The van der Waals surface area contributed by atoms with E-state index >= 15 is 0 Å².